The lowest BCUT2D eigenvalue weighted by Gasteiger charge is -2.07. The molecule has 0 N–H and O–H groups in total. The van der Waals surface area contributed by atoms with Crippen molar-refractivity contribution in [2.75, 3.05) is 13.3 Å². The fourth-order valence-corrected chi connectivity index (χ4v) is 1.78. The van der Waals surface area contributed by atoms with Crippen LogP contribution in [0.1, 0.15) is 18.9 Å². The Morgan fingerprint density at radius 3 is 2.79 bits per heavy atom. The number of ether oxygens (including phenoxy) is 1. The van der Waals surface area contributed by atoms with Crippen LogP contribution < -0.4 is 4.74 Å². The molecule has 0 saturated heterocycles. The first-order valence-corrected chi connectivity index (χ1v) is 5.54. The zero-order chi connectivity index (χ0) is 10.4. The van der Waals surface area contributed by atoms with Crippen molar-refractivity contribution in [3.8, 4) is 5.75 Å². The third-order valence-electron chi connectivity index (χ3n) is 1.90. The van der Waals surface area contributed by atoms with E-state index >= 15 is 0 Å². The maximum absolute atomic E-state index is 11.9. The summed E-state index contributed by atoms with van der Waals surface area (Å²) < 4.78 is 18.3. The SMILES string of the molecule is CCOc1ccc(CCCF)cc1Br. The molecule has 0 bridgehead atoms. The molecule has 1 aromatic rings. The smallest absolute Gasteiger partial charge is 0.133 e. The van der Waals surface area contributed by atoms with Gasteiger partial charge < -0.3 is 4.74 Å². The van der Waals surface area contributed by atoms with E-state index in [9.17, 15) is 4.39 Å². The number of aryl methyl sites for hydroxylation is 1. The van der Waals surface area contributed by atoms with Gasteiger partial charge in [0, 0.05) is 0 Å². The van der Waals surface area contributed by atoms with Crippen LogP contribution in [0.15, 0.2) is 22.7 Å². The normalized spacial score (nSPS) is 10.2. The Bertz CT molecular complexity index is 289. The molecule has 0 atom stereocenters. The fraction of sp³-hybridized carbons (Fsp3) is 0.455. The summed E-state index contributed by atoms with van der Waals surface area (Å²) in [6.07, 6.45) is 1.36. The standard InChI is InChI=1S/C11H14BrFO/c1-2-14-11-6-5-9(4-3-7-13)8-10(11)12/h5-6,8H,2-4,7H2,1H3. The van der Waals surface area contributed by atoms with E-state index in [1.54, 1.807) is 0 Å². The number of hydrogen-bond donors (Lipinski definition) is 0. The molecule has 1 nitrogen and oxygen atoms in total. The first-order valence-electron chi connectivity index (χ1n) is 4.75. The van der Waals surface area contributed by atoms with Gasteiger partial charge in [0.25, 0.3) is 0 Å². The summed E-state index contributed by atoms with van der Waals surface area (Å²) in [6, 6.07) is 5.88. The van der Waals surface area contributed by atoms with Gasteiger partial charge in [0.2, 0.25) is 0 Å². The summed E-state index contributed by atoms with van der Waals surface area (Å²) in [4.78, 5) is 0. The maximum atomic E-state index is 11.9. The maximum Gasteiger partial charge on any atom is 0.133 e. The molecule has 14 heavy (non-hydrogen) atoms. The highest BCUT2D eigenvalue weighted by atomic mass is 79.9. The van der Waals surface area contributed by atoms with Crippen LogP contribution in [0.25, 0.3) is 0 Å². The average Bonchev–Trinajstić information content (AvgIpc) is 2.19. The molecule has 0 spiro atoms. The predicted octanol–water partition coefficient (Wildman–Crippen LogP) is 3.75. The van der Waals surface area contributed by atoms with Crippen LogP contribution in [0.5, 0.6) is 5.75 Å². The van der Waals surface area contributed by atoms with Crippen LogP contribution in [-0.2, 0) is 6.42 Å². The van der Waals surface area contributed by atoms with Gasteiger partial charge in [0.15, 0.2) is 0 Å². The fourth-order valence-electron chi connectivity index (χ4n) is 1.24. The van der Waals surface area contributed by atoms with Crippen molar-refractivity contribution in [3.05, 3.63) is 28.2 Å². The van der Waals surface area contributed by atoms with Crippen LogP contribution in [0.3, 0.4) is 0 Å². The zero-order valence-corrected chi connectivity index (χ0v) is 9.81. The molecule has 0 saturated carbocycles. The third-order valence-corrected chi connectivity index (χ3v) is 2.51. The predicted molar refractivity (Wildman–Crippen MR) is 59.6 cm³/mol. The van der Waals surface area contributed by atoms with E-state index in [4.69, 9.17) is 4.74 Å². The minimum Gasteiger partial charge on any atom is -0.493 e. The number of rotatable bonds is 5. The number of halogens is 2. The topological polar surface area (TPSA) is 9.23 Å². The lowest BCUT2D eigenvalue weighted by Crippen LogP contribution is -1.93. The van der Waals surface area contributed by atoms with Crippen LogP contribution in [0.2, 0.25) is 0 Å². The molecule has 0 amide bonds. The van der Waals surface area contributed by atoms with E-state index in [1.165, 1.54) is 0 Å². The summed E-state index contributed by atoms with van der Waals surface area (Å²) in [7, 11) is 0. The summed E-state index contributed by atoms with van der Waals surface area (Å²) in [6.45, 7) is 2.34. The monoisotopic (exact) mass is 260 g/mol. The Labute approximate surface area is 92.4 Å². The molecule has 0 radical (unpaired) electrons. The first-order chi connectivity index (χ1) is 6.77. The number of benzene rings is 1. The summed E-state index contributed by atoms with van der Waals surface area (Å²) in [5, 5.41) is 0. The molecular weight excluding hydrogens is 247 g/mol. The largest absolute Gasteiger partial charge is 0.493 e. The highest BCUT2D eigenvalue weighted by molar-refractivity contribution is 9.10. The molecule has 0 aromatic heterocycles. The summed E-state index contributed by atoms with van der Waals surface area (Å²) in [5.74, 6) is 0.844. The molecule has 0 aliphatic heterocycles. The van der Waals surface area contributed by atoms with Crippen molar-refractivity contribution in [3.63, 3.8) is 0 Å². The Morgan fingerprint density at radius 2 is 2.21 bits per heavy atom. The van der Waals surface area contributed by atoms with E-state index in [-0.39, 0.29) is 6.67 Å². The van der Waals surface area contributed by atoms with Crippen LogP contribution in [0.4, 0.5) is 4.39 Å². The van der Waals surface area contributed by atoms with Crippen molar-refractivity contribution in [1.82, 2.24) is 0 Å². The Kier molecular flexibility index (Phi) is 4.94. The van der Waals surface area contributed by atoms with Crippen LogP contribution >= 0.6 is 15.9 Å². The molecule has 3 heteroatoms. The van der Waals surface area contributed by atoms with E-state index in [0.29, 0.717) is 13.0 Å². The van der Waals surface area contributed by atoms with Crippen molar-refractivity contribution in [2.24, 2.45) is 0 Å². The van der Waals surface area contributed by atoms with Gasteiger partial charge in [0.05, 0.1) is 17.8 Å². The quantitative estimate of drug-likeness (QED) is 0.784. The highest BCUT2D eigenvalue weighted by Crippen LogP contribution is 2.26. The van der Waals surface area contributed by atoms with E-state index in [1.807, 2.05) is 25.1 Å². The van der Waals surface area contributed by atoms with Gasteiger partial charge in [-0.15, -0.1) is 0 Å². The van der Waals surface area contributed by atoms with Gasteiger partial charge in [-0.1, -0.05) is 6.07 Å². The van der Waals surface area contributed by atoms with E-state index in [0.717, 1.165) is 22.2 Å². The molecule has 0 heterocycles. The third kappa shape index (κ3) is 3.29. The van der Waals surface area contributed by atoms with Crippen molar-refractivity contribution in [2.45, 2.75) is 19.8 Å². The zero-order valence-electron chi connectivity index (χ0n) is 8.22. The first kappa shape index (κ1) is 11.5. The van der Waals surface area contributed by atoms with E-state index in [2.05, 4.69) is 15.9 Å². The molecule has 0 unspecified atom stereocenters. The lowest BCUT2D eigenvalue weighted by atomic mass is 10.1. The molecular formula is C11H14BrFO. The Hall–Kier alpha value is -0.570. The van der Waals surface area contributed by atoms with Gasteiger partial charge in [-0.05, 0) is 53.4 Å². The molecule has 78 valence electrons. The van der Waals surface area contributed by atoms with Gasteiger partial charge in [-0.25, -0.2) is 0 Å². The number of hydrogen-bond acceptors (Lipinski definition) is 1. The minimum absolute atomic E-state index is 0.259. The molecule has 0 aliphatic rings. The summed E-state index contributed by atoms with van der Waals surface area (Å²) in [5.41, 5.74) is 1.14. The van der Waals surface area contributed by atoms with Gasteiger partial charge >= 0.3 is 0 Å². The molecule has 0 aliphatic carbocycles. The average molecular weight is 261 g/mol. The Balaban J connectivity index is 2.68. The second kappa shape index (κ2) is 6.02. The van der Waals surface area contributed by atoms with Crippen LogP contribution in [0, 0.1) is 0 Å². The second-order valence-electron chi connectivity index (χ2n) is 2.99. The molecule has 0 fully saturated rings. The van der Waals surface area contributed by atoms with Gasteiger partial charge in [-0.3, -0.25) is 4.39 Å². The Morgan fingerprint density at radius 1 is 1.43 bits per heavy atom. The van der Waals surface area contributed by atoms with Gasteiger partial charge in [-0.2, -0.15) is 0 Å². The number of alkyl halides is 1. The lowest BCUT2D eigenvalue weighted by molar-refractivity contribution is 0.338. The van der Waals surface area contributed by atoms with Crippen molar-refractivity contribution < 1.29 is 9.13 Å². The van der Waals surface area contributed by atoms with E-state index < -0.39 is 0 Å². The molecule has 1 aromatic carbocycles. The van der Waals surface area contributed by atoms with Crippen molar-refractivity contribution >= 4 is 15.9 Å². The second-order valence-corrected chi connectivity index (χ2v) is 3.84. The van der Waals surface area contributed by atoms with Crippen LogP contribution in [-0.4, -0.2) is 13.3 Å². The van der Waals surface area contributed by atoms with Crippen molar-refractivity contribution in [1.29, 1.82) is 0 Å². The summed E-state index contributed by atoms with van der Waals surface area (Å²) >= 11 is 3.42. The minimum atomic E-state index is -0.259. The van der Waals surface area contributed by atoms with Gasteiger partial charge in [0.1, 0.15) is 5.75 Å². The highest BCUT2D eigenvalue weighted by Gasteiger charge is 2.01. The molecule has 1 rings (SSSR count).